The Morgan fingerprint density at radius 3 is 2.65 bits per heavy atom. The van der Waals surface area contributed by atoms with Crippen molar-refractivity contribution in [3.63, 3.8) is 0 Å². The molecule has 2 aromatic rings. The van der Waals surface area contributed by atoms with Crippen LogP contribution >= 0.6 is 23.2 Å². The van der Waals surface area contributed by atoms with E-state index in [1.54, 1.807) is 30.6 Å². The number of pyridine rings is 1. The molecule has 0 unspecified atom stereocenters. The number of amides is 1. The SMILES string of the molecule is O=C(Nc1ccc(Cl)cc1Cl)c1cncc(NC2CCCC2)c1. The number of hydrogen-bond donors (Lipinski definition) is 2. The normalized spacial score (nSPS) is 14.7. The number of nitrogens with one attached hydrogen (secondary N) is 2. The Morgan fingerprint density at radius 2 is 1.91 bits per heavy atom. The summed E-state index contributed by atoms with van der Waals surface area (Å²) in [6.07, 6.45) is 8.11. The zero-order valence-electron chi connectivity index (χ0n) is 12.5. The molecule has 1 heterocycles. The molecule has 1 aromatic heterocycles. The maximum absolute atomic E-state index is 12.4. The standard InChI is InChI=1S/C17H17Cl2N3O/c18-12-5-6-16(15(19)8-12)22-17(23)11-7-14(10-20-9-11)21-13-3-1-2-4-13/h5-10,13,21H,1-4H2,(H,22,23). The number of anilines is 2. The first-order chi connectivity index (χ1) is 11.1. The van der Waals surface area contributed by atoms with Crippen LogP contribution in [0.2, 0.25) is 10.0 Å². The van der Waals surface area contributed by atoms with Gasteiger partial charge in [0.1, 0.15) is 0 Å². The molecule has 120 valence electrons. The van der Waals surface area contributed by atoms with E-state index in [9.17, 15) is 4.79 Å². The van der Waals surface area contributed by atoms with Gasteiger partial charge in [0.05, 0.1) is 22.0 Å². The Kier molecular flexibility index (Phi) is 5.03. The van der Waals surface area contributed by atoms with Crippen molar-refractivity contribution in [1.29, 1.82) is 0 Å². The highest BCUT2D eigenvalue weighted by atomic mass is 35.5. The van der Waals surface area contributed by atoms with Gasteiger partial charge in [-0.05, 0) is 37.1 Å². The first-order valence-corrected chi connectivity index (χ1v) is 8.35. The Hall–Kier alpha value is -1.78. The smallest absolute Gasteiger partial charge is 0.257 e. The highest BCUT2D eigenvalue weighted by Crippen LogP contribution is 2.26. The molecule has 3 rings (SSSR count). The molecule has 1 amide bonds. The van der Waals surface area contributed by atoms with Crippen LogP contribution in [0.1, 0.15) is 36.0 Å². The minimum absolute atomic E-state index is 0.253. The highest BCUT2D eigenvalue weighted by molar-refractivity contribution is 6.36. The Morgan fingerprint density at radius 1 is 1.13 bits per heavy atom. The van der Waals surface area contributed by atoms with Crippen molar-refractivity contribution in [2.45, 2.75) is 31.7 Å². The number of hydrogen-bond acceptors (Lipinski definition) is 3. The van der Waals surface area contributed by atoms with E-state index >= 15 is 0 Å². The van der Waals surface area contributed by atoms with E-state index in [0.29, 0.717) is 27.3 Å². The fourth-order valence-electron chi connectivity index (χ4n) is 2.73. The first-order valence-electron chi connectivity index (χ1n) is 7.60. The summed E-state index contributed by atoms with van der Waals surface area (Å²) in [6.45, 7) is 0. The first kappa shape index (κ1) is 16.1. The molecule has 0 radical (unpaired) electrons. The van der Waals surface area contributed by atoms with E-state index in [1.165, 1.54) is 12.8 Å². The molecule has 23 heavy (non-hydrogen) atoms. The summed E-state index contributed by atoms with van der Waals surface area (Å²) in [5.74, 6) is -0.253. The van der Waals surface area contributed by atoms with Crippen LogP contribution in [0.25, 0.3) is 0 Å². The molecule has 0 atom stereocenters. The molecule has 4 nitrogen and oxygen atoms in total. The molecule has 1 aliphatic rings. The zero-order valence-corrected chi connectivity index (χ0v) is 14.0. The summed E-state index contributed by atoms with van der Waals surface area (Å²) in [5, 5.41) is 7.14. The molecule has 0 spiro atoms. The predicted molar refractivity (Wildman–Crippen MR) is 94.5 cm³/mol. The van der Waals surface area contributed by atoms with Gasteiger partial charge in [-0.1, -0.05) is 36.0 Å². The van der Waals surface area contributed by atoms with Crippen LogP contribution in [0, 0.1) is 0 Å². The molecule has 1 aliphatic carbocycles. The summed E-state index contributed by atoms with van der Waals surface area (Å²) in [7, 11) is 0. The molecule has 6 heteroatoms. The van der Waals surface area contributed by atoms with Gasteiger partial charge in [-0.2, -0.15) is 0 Å². The fraction of sp³-hybridized carbons (Fsp3) is 0.294. The highest BCUT2D eigenvalue weighted by Gasteiger charge is 2.15. The summed E-state index contributed by atoms with van der Waals surface area (Å²) < 4.78 is 0. The maximum atomic E-state index is 12.4. The maximum Gasteiger partial charge on any atom is 0.257 e. The van der Waals surface area contributed by atoms with E-state index in [0.717, 1.165) is 18.5 Å². The molecule has 1 fully saturated rings. The summed E-state index contributed by atoms with van der Waals surface area (Å²) in [6, 6.07) is 7.23. The number of halogens is 2. The second-order valence-electron chi connectivity index (χ2n) is 5.67. The van der Waals surface area contributed by atoms with E-state index in [2.05, 4.69) is 15.6 Å². The number of nitrogens with zero attached hydrogens (tertiary/aromatic N) is 1. The molecule has 0 bridgehead atoms. The van der Waals surface area contributed by atoms with Crippen LogP contribution in [-0.2, 0) is 0 Å². The average molecular weight is 350 g/mol. The van der Waals surface area contributed by atoms with E-state index in [1.807, 2.05) is 6.07 Å². The van der Waals surface area contributed by atoms with Gasteiger partial charge in [0.25, 0.3) is 5.91 Å². The largest absolute Gasteiger partial charge is 0.381 e. The van der Waals surface area contributed by atoms with Crippen LogP contribution in [0.15, 0.2) is 36.7 Å². The predicted octanol–water partition coefficient (Wildman–Crippen LogP) is 5.00. The number of rotatable bonds is 4. The molecule has 1 saturated carbocycles. The molecular weight excluding hydrogens is 333 g/mol. The van der Waals surface area contributed by atoms with Crippen molar-refractivity contribution in [2.24, 2.45) is 0 Å². The lowest BCUT2D eigenvalue weighted by atomic mass is 10.2. The number of aromatic nitrogens is 1. The van der Waals surface area contributed by atoms with Gasteiger partial charge in [0.2, 0.25) is 0 Å². The summed E-state index contributed by atoms with van der Waals surface area (Å²) in [5.41, 5.74) is 1.88. The molecule has 0 aliphatic heterocycles. The third-order valence-electron chi connectivity index (χ3n) is 3.91. The summed E-state index contributed by atoms with van der Waals surface area (Å²) >= 11 is 11.9. The lowest BCUT2D eigenvalue weighted by Gasteiger charge is -2.14. The molecule has 1 aromatic carbocycles. The van der Waals surface area contributed by atoms with Gasteiger partial charge < -0.3 is 10.6 Å². The number of carbonyl (C=O) groups is 1. The van der Waals surface area contributed by atoms with Crippen molar-refractivity contribution in [2.75, 3.05) is 10.6 Å². The van der Waals surface area contributed by atoms with Crippen LogP contribution in [0.4, 0.5) is 11.4 Å². The van der Waals surface area contributed by atoms with Gasteiger partial charge >= 0.3 is 0 Å². The third-order valence-corrected chi connectivity index (χ3v) is 4.45. The Bertz CT molecular complexity index is 715. The zero-order chi connectivity index (χ0) is 16.2. The van der Waals surface area contributed by atoms with Gasteiger partial charge in [-0.15, -0.1) is 0 Å². The molecular formula is C17H17Cl2N3O. The quantitative estimate of drug-likeness (QED) is 0.816. The van der Waals surface area contributed by atoms with Gasteiger partial charge in [-0.3, -0.25) is 9.78 Å². The third kappa shape index (κ3) is 4.15. The number of benzene rings is 1. The monoisotopic (exact) mass is 349 g/mol. The van der Waals surface area contributed by atoms with Crippen molar-refractivity contribution in [1.82, 2.24) is 4.98 Å². The number of carbonyl (C=O) groups excluding carboxylic acids is 1. The van der Waals surface area contributed by atoms with E-state index < -0.39 is 0 Å². The Labute approximate surface area is 145 Å². The van der Waals surface area contributed by atoms with Gasteiger partial charge in [0, 0.05) is 23.5 Å². The lowest BCUT2D eigenvalue weighted by Crippen LogP contribution is -2.16. The molecule has 0 saturated heterocycles. The fourth-order valence-corrected chi connectivity index (χ4v) is 3.19. The van der Waals surface area contributed by atoms with Crippen molar-refractivity contribution in [3.8, 4) is 0 Å². The van der Waals surface area contributed by atoms with Crippen molar-refractivity contribution in [3.05, 3.63) is 52.3 Å². The second kappa shape index (κ2) is 7.20. The van der Waals surface area contributed by atoms with Crippen molar-refractivity contribution < 1.29 is 4.79 Å². The lowest BCUT2D eigenvalue weighted by molar-refractivity contribution is 0.102. The van der Waals surface area contributed by atoms with E-state index in [-0.39, 0.29) is 5.91 Å². The topological polar surface area (TPSA) is 54.0 Å². The van der Waals surface area contributed by atoms with Crippen LogP contribution in [-0.4, -0.2) is 16.9 Å². The second-order valence-corrected chi connectivity index (χ2v) is 6.51. The van der Waals surface area contributed by atoms with Crippen LogP contribution < -0.4 is 10.6 Å². The molecule has 2 N–H and O–H groups in total. The van der Waals surface area contributed by atoms with Gasteiger partial charge in [-0.25, -0.2) is 0 Å². The van der Waals surface area contributed by atoms with Gasteiger partial charge in [0.15, 0.2) is 0 Å². The summed E-state index contributed by atoms with van der Waals surface area (Å²) in [4.78, 5) is 16.5. The minimum Gasteiger partial charge on any atom is -0.381 e. The minimum atomic E-state index is -0.253. The van der Waals surface area contributed by atoms with Crippen LogP contribution in [0.3, 0.4) is 0 Å². The Balaban J connectivity index is 1.71. The van der Waals surface area contributed by atoms with E-state index in [4.69, 9.17) is 23.2 Å². The average Bonchev–Trinajstić information content (AvgIpc) is 3.03. The van der Waals surface area contributed by atoms with Crippen LogP contribution in [0.5, 0.6) is 0 Å². The van der Waals surface area contributed by atoms with Crippen molar-refractivity contribution >= 4 is 40.5 Å².